The summed E-state index contributed by atoms with van der Waals surface area (Å²) in [5.41, 5.74) is 9.69. The van der Waals surface area contributed by atoms with Gasteiger partial charge in [-0.3, -0.25) is 9.69 Å². The van der Waals surface area contributed by atoms with E-state index in [1.165, 1.54) is 7.11 Å². The van der Waals surface area contributed by atoms with E-state index in [1.807, 2.05) is 12.1 Å². The lowest BCUT2D eigenvalue weighted by molar-refractivity contribution is -0.142. The molecule has 32 heavy (non-hydrogen) atoms. The number of methoxy groups -OCH3 is 2. The monoisotopic (exact) mass is 442 g/mol. The molecule has 0 atom stereocenters. The zero-order chi connectivity index (χ0) is 22.9. The van der Waals surface area contributed by atoms with E-state index in [-0.39, 0.29) is 12.6 Å². The van der Waals surface area contributed by atoms with Gasteiger partial charge in [-0.1, -0.05) is 6.07 Å². The Morgan fingerprint density at radius 3 is 2.50 bits per heavy atom. The largest absolute Gasteiger partial charge is 0.468 e. The van der Waals surface area contributed by atoms with Crippen LogP contribution in [-0.2, 0) is 19.0 Å². The van der Waals surface area contributed by atoms with Gasteiger partial charge in [0, 0.05) is 44.7 Å². The van der Waals surface area contributed by atoms with Crippen LogP contribution in [0.2, 0.25) is 0 Å². The predicted octanol–water partition coefficient (Wildman–Crippen LogP) is 2.11. The van der Waals surface area contributed by atoms with Crippen molar-refractivity contribution in [1.29, 1.82) is 0 Å². The fourth-order valence-electron chi connectivity index (χ4n) is 3.45. The number of rotatable bonds is 9. The molecule has 0 aromatic heterocycles. The molecule has 0 unspecified atom stereocenters. The van der Waals surface area contributed by atoms with Gasteiger partial charge in [-0.25, -0.2) is 4.79 Å². The van der Waals surface area contributed by atoms with Crippen LogP contribution in [0.5, 0.6) is 0 Å². The average molecular weight is 443 g/mol. The Morgan fingerprint density at radius 1 is 1.03 bits per heavy atom. The molecule has 0 amide bonds. The van der Waals surface area contributed by atoms with Gasteiger partial charge < -0.3 is 30.2 Å². The van der Waals surface area contributed by atoms with E-state index in [0.29, 0.717) is 30.1 Å². The molecule has 1 saturated heterocycles. The van der Waals surface area contributed by atoms with Gasteiger partial charge in [-0.15, -0.1) is 0 Å². The highest BCUT2D eigenvalue weighted by atomic mass is 16.6. The van der Waals surface area contributed by atoms with Crippen LogP contribution in [0.3, 0.4) is 0 Å². The Labute approximate surface area is 188 Å². The Bertz CT molecular complexity index is 928. The predicted molar refractivity (Wildman–Crippen MR) is 123 cm³/mol. The smallest absolute Gasteiger partial charge is 0.338 e. The Kier molecular flexibility index (Phi) is 8.29. The zero-order valence-electron chi connectivity index (χ0n) is 18.5. The number of anilines is 4. The Hall–Kier alpha value is -3.30. The highest BCUT2D eigenvalue weighted by Gasteiger charge is 2.19. The molecule has 0 saturated carbocycles. The number of nitrogens with two attached hydrogens (primary N) is 1. The number of benzene rings is 2. The SMILES string of the molecule is COCCOC(=O)c1ccc(Nc2cccc(N3CCN(CC(=O)OC)CC3)c2)c(N)c1. The van der Waals surface area contributed by atoms with Crippen molar-refractivity contribution in [3.05, 3.63) is 48.0 Å². The number of nitrogen functional groups attached to an aromatic ring is 1. The minimum absolute atomic E-state index is 0.193. The number of hydrogen-bond acceptors (Lipinski definition) is 9. The van der Waals surface area contributed by atoms with E-state index in [2.05, 4.69) is 27.2 Å². The van der Waals surface area contributed by atoms with E-state index in [4.69, 9.17) is 19.9 Å². The molecule has 9 heteroatoms. The third kappa shape index (κ3) is 6.35. The van der Waals surface area contributed by atoms with E-state index in [1.54, 1.807) is 25.3 Å². The molecular formula is C23H30N4O5. The van der Waals surface area contributed by atoms with Gasteiger partial charge in [0.15, 0.2) is 0 Å². The molecule has 9 nitrogen and oxygen atoms in total. The van der Waals surface area contributed by atoms with Gasteiger partial charge in [0.25, 0.3) is 0 Å². The number of ether oxygens (including phenoxy) is 3. The first kappa shape index (κ1) is 23.4. The molecule has 3 N–H and O–H groups in total. The minimum atomic E-state index is -0.436. The lowest BCUT2D eigenvalue weighted by atomic mass is 10.1. The lowest BCUT2D eigenvalue weighted by Gasteiger charge is -2.35. The van der Waals surface area contributed by atoms with Crippen LogP contribution in [0.4, 0.5) is 22.7 Å². The van der Waals surface area contributed by atoms with E-state index >= 15 is 0 Å². The second kappa shape index (κ2) is 11.4. The van der Waals surface area contributed by atoms with Crippen LogP contribution in [-0.4, -0.2) is 77.0 Å². The second-order valence-electron chi connectivity index (χ2n) is 7.45. The summed E-state index contributed by atoms with van der Waals surface area (Å²) in [5, 5.41) is 3.32. The topological polar surface area (TPSA) is 106 Å². The van der Waals surface area contributed by atoms with E-state index in [9.17, 15) is 9.59 Å². The molecule has 1 heterocycles. The number of carbonyl (C=O) groups is 2. The highest BCUT2D eigenvalue weighted by Crippen LogP contribution is 2.27. The van der Waals surface area contributed by atoms with Crippen molar-refractivity contribution in [3.8, 4) is 0 Å². The van der Waals surface area contributed by atoms with Crippen LogP contribution in [0.1, 0.15) is 10.4 Å². The molecule has 0 spiro atoms. The third-order valence-electron chi connectivity index (χ3n) is 5.25. The number of piperazine rings is 1. The minimum Gasteiger partial charge on any atom is -0.468 e. The first-order valence-corrected chi connectivity index (χ1v) is 10.5. The average Bonchev–Trinajstić information content (AvgIpc) is 2.81. The highest BCUT2D eigenvalue weighted by molar-refractivity contribution is 5.92. The summed E-state index contributed by atoms with van der Waals surface area (Å²) in [6.45, 7) is 4.09. The van der Waals surface area contributed by atoms with Gasteiger partial charge in [0.05, 0.1) is 37.2 Å². The fraction of sp³-hybridized carbons (Fsp3) is 0.391. The molecule has 1 fully saturated rings. The van der Waals surface area contributed by atoms with Gasteiger partial charge >= 0.3 is 11.9 Å². The molecule has 2 aromatic carbocycles. The van der Waals surface area contributed by atoms with Crippen LogP contribution in [0, 0.1) is 0 Å². The van der Waals surface area contributed by atoms with Gasteiger partial charge in [-0.2, -0.15) is 0 Å². The maximum absolute atomic E-state index is 12.1. The zero-order valence-corrected chi connectivity index (χ0v) is 18.5. The number of nitrogens with zero attached hydrogens (tertiary/aromatic N) is 2. The summed E-state index contributed by atoms with van der Waals surface area (Å²) >= 11 is 0. The number of nitrogens with one attached hydrogen (secondary N) is 1. The van der Waals surface area contributed by atoms with Crippen LogP contribution in [0.15, 0.2) is 42.5 Å². The normalized spacial score (nSPS) is 14.1. The molecule has 0 aliphatic carbocycles. The van der Waals surface area contributed by atoms with Crippen molar-refractivity contribution >= 4 is 34.7 Å². The maximum atomic E-state index is 12.1. The van der Waals surface area contributed by atoms with Crippen LogP contribution < -0.4 is 16.0 Å². The van der Waals surface area contributed by atoms with E-state index in [0.717, 1.165) is 37.6 Å². The summed E-state index contributed by atoms with van der Waals surface area (Å²) in [4.78, 5) is 27.9. The summed E-state index contributed by atoms with van der Waals surface area (Å²) < 4.78 is 14.8. The molecule has 0 bridgehead atoms. The summed E-state index contributed by atoms with van der Waals surface area (Å²) in [7, 11) is 2.96. The fourth-order valence-corrected chi connectivity index (χ4v) is 3.45. The molecule has 172 valence electrons. The molecule has 2 aromatic rings. The van der Waals surface area contributed by atoms with Gasteiger partial charge in [0.2, 0.25) is 0 Å². The lowest BCUT2D eigenvalue weighted by Crippen LogP contribution is -2.48. The molecule has 1 aliphatic rings. The van der Waals surface area contributed by atoms with Gasteiger partial charge in [0.1, 0.15) is 6.61 Å². The number of esters is 2. The molecule has 3 rings (SSSR count). The standard InChI is InChI=1S/C23H30N4O5/c1-30-12-13-32-23(29)17-6-7-21(20(24)14-17)25-18-4-3-5-19(15-18)27-10-8-26(9-11-27)16-22(28)31-2/h3-7,14-15,25H,8-13,16,24H2,1-2H3. The summed E-state index contributed by atoms with van der Waals surface area (Å²) in [6.07, 6.45) is 0. The first-order valence-electron chi connectivity index (χ1n) is 10.5. The van der Waals surface area contributed by atoms with Gasteiger partial charge in [-0.05, 0) is 36.4 Å². The molecular weight excluding hydrogens is 412 g/mol. The van der Waals surface area contributed by atoms with Crippen molar-refractivity contribution in [2.45, 2.75) is 0 Å². The van der Waals surface area contributed by atoms with Crippen molar-refractivity contribution < 1.29 is 23.8 Å². The molecule has 1 aliphatic heterocycles. The van der Waals surface area contributed by atoms with Crippen molar-refractivity contribution in [1.82, 2.24) is 4.90 Å². The second-order valence-corrected chi connectivity index (χ2v) is 7.45. The first-order chi connectivity index (χ1) is 15.5. The van der Waals surface area contributed by atoms with Crippen LogP contribution >= 0.6 is 0 Å². The summed E-state index contributed by atoms with van der Waals surface area (Å²) in [6, 6.07) is 13.1. The van der Waals surface area contributed by atoms with Crippen molar-refractivity contribution in [3.63, 3.8) is 0 Å². The number of hydrogen-bond donors (Lipinski definition) is 2. The number of carbonyl (C=O) groups excluding carboxylic acids is 2. The van der Waals surface area contributed by atoms with Crippen molar-refractivity contribution in [2.24, 2.45) is 0 Å². The van der Waals surface area contributed by atoms with Crippen LogP contribution in [0.25, 0.3) is 0 Å². The van der Waals surface area contributed by atoms with Crippen molar-refractivity contribution in [2.75, 3.05) is 76.1 Å². The summed E-state index contributed by atoms with van der Waals surface area (Å²) in [5.74, 6) is -0.648. The quantitative estimate of drug-likeness (QED) is 0.343. The Balaban J connectivity index is 1.60. The maximum Gasteiger partial charge on any atom is 0.338 e. The third-order valence-corrected chi connectivity index (χ3v) is 5.25. The molecule has 0 radical (unpaired) electrons. The Morgan fingerprint density at radius 2 is 1.81 bits per heavy atom. The van der Waals surface area contributed by atoms with E-state index < -0.39 is 5.97 Å².